The molecule has 0 aromatic carbocycles. The highest BCUT2D eigenvalue weighted by molar-refractivity contribution is 6.18. The summed E-state index contributed by atoms with van der Waals surface area (Å²) in [5, 5.41) is 0. The fraction of sp³-hybridized carbons (Fsp3) is 0.600. The van der Waals surface area contributed by atoms with E-state index in [1.807, 2.05) is 13.0 Å². The molecule has 0 saturated carbocycles. The molecular weight excluding hydrogens is 156 g/mol. The molecule has 0 nitrogen and oxygen atoms in total. The van der Waals surface area contributed by atoms with Gasteiger partial charge in [0, 0.05) is 11.3 Å². The zero-order chi connectivity index (χ0) is 8.74. The Hall–Kier alpha value is -0.410. The van der Waals surface area contributed by atoms with Crippen LogP contribution in [0.3, 0.4) is 0 Å². The predicted molar refractivity (Wildman–Crippen MR) is 51.7 cm³/mol. The van der Waals surface area contributed by atoms with Crippen LogP contribution in [0, 0.1) is 17.3 Å². The highest BCUT2D eigenvalue weighted by Gasteiger charge is 2.10. The molecule has 0 atom stereocenters. The minimum atomic E-state index is 0.0946. The van der Waals surface area contributed by atoms with Gasteiger partial charge in [-0.2, -0.15) is 0 Å². The Kier molecular flexibility index (Phi) is 5.07. The lowest BCUT2D eigenvalue weighted by molar-refractivity contribution is 0.512. The van der Waals surface area contributed by atoms with Crippen LogP contribution in [0.25, 0.3) is 0 Å². The second-order valence-corrected chi connectivity index (χ2v) is 3.40. The number of halogens is 1. The minimum Gasteiger partial charge on any atom is -0.122 e. The van der Waals surface area contributed by atoms with Gasteiger partial charge in [0.25, 0.3) is 0 Å². The van der Waals surface area contributed by atoms with E-state index in [0.717, 1.165) is 6.42 Å². The zero-order valence-electron chi connectivity index (χ0n) is 7.45. The molecule has 0 N–H and O–H groups in total. The molecule has 0 bridgehead atoms. The summed E-state index contributed by atoms with van der Waals surface area (Å²) in [4.78, 5) is 0. The van der Waals surface area contributed by atoms with Crippen molar-refractivity contribution in [1.82, 2.24) is 0 Å². The lowest BCUT2D eigenvalue weighted by Crippen LogP contribution is -2.05. The van der Waals surface area contributed by atoms with Gasteiger partial charge in [0.1, 0.15) is 0 Å². The molecule has 0 aromatic rings. The largest absolute Gasteiger partial charge is 0.122 e. The Morgan fingerprint density at radius 1 is 1.36 bits per heavy atom. The zero-order valence-corrected chi connectivity index (χ0v) is 8.20. The van der Waals surface area contributed by atoms with Crippen molar-refractivity contribution in [3.05, 3.63) is 12.2 Å². The van der Waals surface area contributed by atoms with Crippen molar-refractivity contribution in [2.75, 3.05) is 5.88 Å². The second kappa shape index (κ2) is 5.27. The Morgan fingerprint density at radius 2 is 2.00 bits per heavy atom. The quantitative estimate of drug-likeness (QED) is 0.347. The molecule has 1 heteroatoms. The lowest BCUT2D eigenvalue weighted by Gasteiger charge is -2.13. The van der Waals surface area contributed by atoms with Crippen molar-refractivity contribution in [3.8, 4) is 11.8 Å². The standard InChI is InChI=1S/C10H15Cl/c1-4-7-10(2,3)8-5-6-9-11/h5-6H,8-9H2,1-3H3/b6-5+. The van der Waals surface area contributed by atoms with E-state index in [0.29, 0.717) is 5.88 Å². The average Bonchev–Trinajstić information content (AvgIpc) is 1.87. The molecule has 0 fully saturated rings. The van der Waals surface area contributed by atoms with Crippen LogP contribution in [-0.2, 0) is 0 Å². The van der Waals surface area contributed by atoms with Gasteiger partial charge in [-0.1, -0.05) is 18.1 Å². The molecular formula is C10H15Cl. The highest BCUT2D eigenvalue weighted by Crippen LogP contribution is 2.18. The topological polar surface area (TPSA) is 0 Å². The normalized spacial score (nSPS) is 11.3. The molecule has 0 amide bonds. The predicted octanol–water partition coefficient (Wildman–Crippen LogP) is 3.22. The van der Waals surface area contributed by atoms with Gasteiger partial charge in [-0.25, -0.2) is 0 Å². The third-order valence-electron chi connectivity index (χ3n) is 1.35. The molecule has 0 radical (unpaired) electrons. The highest BCUT2D eigenvalue weighted by atomic mass is 35.5. The van der Waals surface area contributed by atoms with E-state index in [-0.39, 0.29) is 5.41 Å². The molecule has 0 spiro atoms. The first-order valence-corrected chi connectivity index (χ1v) is 4.31. The van der Waals surface area contributed by atoms with Gasteiger partial charge < -0.3 is 0 Å². The molecule has 0 heterocycles. The minimum absolute atomic E-state index is 0.0946. The van der Waals surface area contributed by atoms with E-state index < -0.39 is 0 Å². The Balaban J connectivity index is 3.88. The third-order valence-corrected chi connectivity index (χ3v) is 1.53. The summed E-state index contributed by atoms with van der Waals surface area (Å²) in [7, 11) is 0. The van der Waals surface area contributed by atoms with Gasteiger partial charge in [0.2, 0.25) is 0 Å². The summed E-state index contributed by atoms with van der Waals surface area (Å²) in [5.41, 5.74) is 0.0946. The molecule has 0 rings (SSSR count). The van der Waals surface area contributed by atoms with Crippen LogP contribution in [0.1, 0.15) is 27.2 Å². The molecule has 0 aromatic heterocycles. The van der Waals surface area contributed by atoms with Crippen molar-refractivity contribution in [1.29, 1.82) is 0 Å². The molecule has 0 unspecified atom stereocenters. The fourth-order valence-corrected chi connectivity index (χ4v) is 0.956. The van der Waals surface area contributed by atoms with Crippen molar-refractivity contribution in [2.24, 2.45) is 5.41 Å². The van der Waals surface area contributed by atoms with E-state index in [2.05, 4.69) is 31.8 Å². The lowest BCUT2D eigenvalue weighted by atomic mass is 9.90. The SMILES string of the molecule is CC#CC(C)(C)C/C=C/CCl. The van der Waals surface area contributed by atoms with E-state index in [1.54, 1.807) is 0 Å². The van der Waals surface area contributed by atoms with Crippen molar-refractivity contribution in [2.45, 2.75) is 27.2 Å². The van der Waals surface area contributed by atoms with Gasteiger partial charge in [-0.05, 0) is 27.2 Å². The monoisotopic (exact) mass is 170 g/mol. The summed E-state index contributed by atoms with van der Waals surface area (Å²) >= 11 is 5.48. The second-order valence-electron chi connectivity index (χ2n) is 3.09. The van der Waals surface area contributed by atoms with Crippen LogP contribution in [-0.4, -0.2) is 5.88 Å². The van der Waals surface area contributed by atoms with Gasteiger partial charge in [-0.15, -0.1) is 17.5 Å². The molecule has 0 aliphatic rings. The van der Waals surface area contributed by atoms with Gasteiger partial charge in [-0.3, -0.25) is 0 Å². The Morgan fingerprint density at radius 3 is 2.45 bits per heavy atom. The van der Waals surface area contributed by atoms with Gasteiger partial charge in [0.15, 0.2) is 0 Å². The summed E-state index contributed by atoms with van der Waals surface area (Å²) in [6, 6.07) is 0. The first-order valence-electron chi connectivity index (χ1n) is 3.77. The molecule has 0 saturated heterocycles. The maximum absolute atomic E-state index is 5.48. The maximum atomic E-state index is 5.48. The molecule has 0 aliphatic carbocycles. The van der Waals surface area contributed by atoms with Gasteiger partial charge in [0.05, 0.1) is 0 Å². The van der Waals surface area contributed by atoms with E-state index in [9.17, 15) is 0 Å². The first-order chi connectivity index (χ1) is 5.12. The van der Waals surface area contributed by atoms with Crippen molar-refractivity contribution in [3.63, 3.8) is 0 Å². The number of hydrogen-bond donors (Lipinski definition) is 0. The first kappa shape index (κ1) is 10.6. The third kappa shape index (κ3) is 6.01. The molecule has 62 valence electrons. The number of alkyl halides is 1. The smallest absolute Gasteiger partial charge is 0.0404 e. The van der Waals surface area contributed by atoms with Crippen LogP contribution < -0.4 is 0 Å². The summed E-state index contributed by atoms with van der Waals surface area (Å²) in [5.74, 6) is 6.65. The van der Waals surface area contributed by atoms with E-state index in [4.69, 9.17) is 11.6 Å². The van der Waals surface area contributed by atoms with Crippen molar-refractivity contribution >= 4 is 11.6 Å². The average molecular weight is 171 g/mol. The van der Waals surface area contributed by atoms with Crippen LogP contribution in [0.2, 0.25) is 0 Å². The van der Waals surface area contributed by atoms with Crippen LogP contribution in [0.15, 0.2) is 12.2 Å². The Bertz CT molecular complexity index is 179. The van der Waals surface area contributed by atoms with E-state index in [1.165, 1.54) is 0 Å². The Labute approximate surface area is 74.6 Å². The van der Waals surface area contributed by atoms with Crippen LogP contribution in [0.4, 0.5) is 0 Å². The molecule has 0 aliphatic heterocycles. The number of hydrogen-bond acceptors (Lipinski definition) is 0. The summed E-state index contributed by atoms with van der Waals surface area (Å²) in [6.07, 6.45) is 5.01. The fourth-order valence-electron chi connectivity index (χ4n) is 0.830. The molecule has 11 heavy (non-hydrogen) atoms. The summed E-state index contributed by atoms with van der Waals surface area (Å²) in [6.45, 7) is 6.12. The summed E-state index contributed by atoms with van der Waals surface area (Å²) < 4.78 is 0. The van der Waals surface area contributed by atoms with Crippen molar-refractivity contribution < 1.29 is 0 Å². The van der Waals surface area contributed by atoms with E-state index >= 15 is 0 Å². The van der Waals surface area contributed by atoms with Gasteiger partial charge >= 0.3 is 0 Å². The van der Waals surface area contributed by atoms with Crippen LogP contribution >= 0.6 is 11.6 Å². The van der Waals surface area contributed by atoms with Crippen LogP contribution in [0.5, 0.6) is 0 Å². The number of rotatable bonds is 3. The number of allylic oxidation sites excluding steroid dienone is 2. The maximum Gasteiger partial charge on any atom is 0.0404 e.